The van der Waals surface area contributed by atoms with Crippen LogP contribution >= 0.6 is 21.0 Å². The summed E-state index contributed by atoms with van der Waals surface area (Å²) >= 11 is 0. The molecule has 0 aliphatic heterocycles. The molecule has 10 aromatic rings. The monoisotopic (exact) mass is 1440 g/mol. The molecule has 1 aliphatic carbocycles. The van der Waals surface area contributed by atoms with Crippen molar-refractivity contribution in [1.29, 1.82) is 0 Å². The molecule has 492 valence electrons. The molecule has 0 amide bonds. The van der Waals surface area contributed by atoms with E-state index >= 15 is 0 Å². The van der Waals surface area contributed by atoms with Crippen molar-refractivity contribution in [3.63, 3.8) is 0 Å². The first-order valence-corrected chi connectivity index (χ1v) is 36.8. The van der Waals surface area contributed by atoms with Gasteiger partial charge < -0.3 is 19.3 Å². The molecule has 2 unspecified atom stereocenters. The van der Waals surface area contributed by atoms with Crippen LogP contribution in [-0.4, -0.2) is 41.6 Å². The summed E-state index contributed by atoms with van der Waals surface area (Å²) in [7, 11) is -0.672. The van der Waals surface area contributed by atoms with Crippen LogP contribution in [0.5, 0.6) is 11.5 Å². The number of aromatic nitrogens is 2. The van der Waals surface area contributed by atoms with E-state index in [1.54, 1.807) is 0 Å². The van der Waals surface area contributed by atoms with E-state index in [0.717, 1.165) is 68.5 Å². The van der Waals surface area contributed by atoms with E-state index in [9.17, 15) is 10.2 Å². The van der Waals surface area contributed by atoms with Crippen LogP contribution < -0.4 is 0 Å². The second-order valence-electron chi connectivity index (χ2n) is 32.5. The number of aromatic hydroxyl groups is 2. The number of phenolic OH excluding ortho intramolecular Hbond substituents is 2. The maximum atomic E-state index is 12.9. The van der Waals surface area contributed by atoms with E-state index in [1.165, 1.54) is 80.6 Å². The summed E-state index contributed by atoms with van der Waals surface area (Å²) in [4.78, 5) is 0. The van der Waals surface area contributed by atoms with E-state index < -0.39 is 0 Å². The molecule has 4 atom stereocenters. The number of rotatable bonds is 8. The Morgan fingerprint density at radius 3 is 0.849 bits per heavy atom. The Morgan fingerprint density at radius 1 is 0.366 bits per heavy atom. The summed E-state index contributed by atoms with van der Waals surface area (Å²) in [5.74, 6) is 12.3. The summed E-state index contributed by atoms with van der Waals surface area (Å²) in [6.45, 7) is 48.6. The van der Waals surface area contributed by atoms with Gasteiger partial charge in [0.15, 0.2) is 0 Å². The third-order valence-corrected chi connectivity index (χ3v) is 23.3. The van der Waals surface area contributed by atoms with Crippen molar-refractivity contribution >= 4 is 76.3 Å². The van der Waals surface area contributed by atoms with Crippen molar-refractivity contribution < 1.29 is 36.1 Å². The van der Waals surface area contributed by atoms with Gasteiger partial charge in [0.2, 0.25) is 0 Å². The topological polar surface area (TPSA) is 50.3 Å². The average molecular weight is 1440 g/mol. The van der Waals surface area contributed by atoms with Gasteiger partial charge in [-0.3, -0.25) is 0 Å². The zero-order valence-corrected chi connectivity index (χ0v) is 65.0. The quantitative estimate of drug-likeness (QED) is 0.0905. The molecule has 2 heterocycles. The molecule has 2 aromatic heterocycles. The third kappa shape index (κ3) is 16.6. The smallest absolute Gasteiger partial charge is 0.143 e. The van der Waals surface area contributed by atoms with Crippen LogP contribution in [0.3, 0.4) is 0 Å². The van der Waals surface area contributed by atoms with Crippen molar-refractivity contribution in [2.45, 2.75) is 218 Å². The van der Waals surface area contributed by atoms with Crippen molar-refractivity contribution in [3.8, 4) is 22.9 Å². The number of phenols is 2. The first kappa shape index (κ1) is 72.8. The first-order valence-electron chi connectivity index (χ1n) is 33.6. The molecule has 8 aromatic carbocycles. The van der Waals surface area contributed by atoms with Crippen LogP contribution in [0.2, 0.25) is 0 Å². The van der Waals surface area contributed by atoms with Gasteiger partial charge in [-0.25, -0.2) is 0 Å². The van der Waals surface area contributed by atoms with E-state index in [1.807, 2.05) is 60.7 Å². The van der Waals surface area contributed by atoms with Crippen LogP contribution in [0.4, 0.5) is 0 Å². The second-order valence-corrected chi connectivity index (χ2v) is 36.4. The number of benzene rings is 8. The third-order valence-electron chi connectivity index (χ3n) is 18.9. The molecular formula is C86H108HfN2O2S2-2. The summed E-state index contributed by atoms with van der Waals surface area (Å²) in [6.07, 6.45) is 6.98. The van der Waals surface area contributed by atoms with E-state index in [-0.39, 0.29) is 79.3 Å². The zero-order chi connectivity index (χ0) is 67.2. The summed E-state index contributed by atoms with van der Waals surface area (Å²) in [5.41, 5.74) is 17.4. The van der Waals surface area contributed by atoms with Crippen LogP contribution in [-0.2, 0) is 69.8 Å². The first-order chi connectivity index (χ1) is 42.9. The van der Waals surface area contributed by atoms with Gasteiger partial charge in [-0.05, 0) is 139 Å². The van der Waals surface area contributed by atoms with Gasteiger partial charge in [0.05, 0.1) is 33.4 Å². The van der Waals surface area contributed by atoms with Gasteiger partial charge in [-0.15, -0.1) is 24.3 Å². The van der Waals surface area contributed by atoms with Gasteiger partial charge >= 0.3 is 0 Å². The normalized spacial score (nSPS) is 16.0. The molecule has 0 saturated heterocycles. The van der Waals surface area contributed by atoms with Crippen molar-refractivity contribution in [1.82, 2.24) is 9.13 Å². The number of hydrogen-bond acceptors (Lipinski definition) is 2. The number of nitrogens with zero attached hydrogens (tertiary/aromatic N) is 2. The van der Waals surface area contributed by atoms with Crippen LogP contribution in [0.25, 0.3) is 55.0 Å². The summed E-state index contributed by atoms with van der Waals surface area (Å²) in [5, 5.41) is 31.4. The molecule has 93 heavy (non-hydrogen) atoms. The molecule has 11 rings (SSSR count). The molecule has 2 N–H and O–H groups in total. The summed E-state index contributed by atoms with van der Waals surface area (Å²) < 4.78 is 4.67. The molecule has 0 bridgehead atoms. The molecule has 7 heteroatoms. The minimum Gasteiger partial charge on any atom is -0.505 e. The number of fused-ring (bicyclic) bond motifs is 6. The fraction of sp³-hybridized carbons (Fsp3) is 0.395. The predicted octanol–water partition coefficient (Wildman–Crippen LogP) is 24.0. The molecule has 0 radical (unpaired) electrons. The van der Waals surface area contributed by atoms with Gasteiger partial charge in [0, 0.05) is 80.5 Å². The van der Waals surface area contributed by atoms with Crippen LogP contribution in [0.1, 0.15) is 219 Å². The van der Waals surface area contributed by atoms with Gasteiger partial charge in [-0.2, -0.15) is 70.2 Å². The molecule has 1 fully saturated rings. The average Bonchev–Trinajstić information content (AvgIpc) is 1.60. The molecule has 0 spiro atoms. The Balaban J connectivity index is 0.000000655. The molecule has 4 nitrogen and oxygen atoms in total. The van der Waals surface area contributed by atoms with Crippen molar-refractivity contribution in [2.24, 2.45) is 0 Å². The van der Waals surface area contributed by atoms with E-state index in [2.05, 4.69) is 245 Å². The van der Waals surface area contributed by atoms with Gasteiger partial charge in [0.25, 0.3) is 0 Å². The summed E-state index contributed by atoms with van der Waals surface area (Å²) in [6, 6.07) is 56.6. The van der Waals surface area contributed by atoms with E-state index in [0.29, 0.717) is 33.5 Å². The number of hydrogen-bond donors (Lipinski definition) is 2. The Kier molecular flexibility index (Phi) is 22.2. The van der Waals surface area contributed by atoms with Crippen molar-refractivity contribution in [2.75, 3.05) is 0 Å². The second kappa shape index (κ2) is 28.4. The van der Waals surface area contributed by atoms with Gasteiger partial charge in [-0.1, -0.05) is 211 Å². The zero-order valence-electron chi connectivity index (χ0n) is 59.8. The maximum Gasteiger partial charge on any atom is 0.143 e. The van der Waals surface area contributed by atoms with Crippen LogP contribution in [0.15, 0.2) is 158 Å². The standard InChI is InChI=1S/C72H94N2O2S2.2C7H7.Hf/c1-67(2,3)47-27-31-57-53(37-47)54-38-48(68(4,5)6)28-32-58(54)73(57)61-41-51(71(13,14)15)35-45(65(61)75)43-77(19)63-25-23-21-22-24-26-64(63)78(20)44-46-36-52(72(16,17)18)42-62(66(46)76)74-59-33-29-49(69(7,8)9)39-55(59)56-40-50(70(10,11)12)30-34-60(56)74;2*1-7-5-3-2-4-6-7;/h27-42,63-64,75-76H,19-26,43-44H2,1-18H3;2*2-6H,1H2;/q;2*-1;/t63-,64-,77?,78?;;;/m0.../s1. The van der Waals surface area contributed by atoms with Crippen LogP contribution in [0, 0.1) is 13.8 Å². The Morgan fingerprint density at radius 2 is 0.624 bits per heavy atom. The molecule has 1 saturated carbocycles. The fourth-order valence-electron chi connectivity index (χ4n) is 13.0. The van der Waals surface area contributed by atoms with Crippen molar-refractivity contribution in [3.05, 3.63) is 227 Å². The Bertz CT molecular complexity index is 3890. The Hall–Kier alpha value is -5.99. The Labute approximate surface area is 584 Å². The largest absolute Gasteiger partial charge is 0.505 e. The predicted molar refractivity (Wildman–Crippen MR) is 411 cm³/mol. The van der Waals surface area contributed by atoms with E-state index in [4.69, 9.17) is 11.7 Å². The van der Waals surface area contributed by atoms with Gasteiger partial charge in [0.1, 0.15) is 11.5 Å². The SMILES string of the molecule is C=S(Cc1cc(C(C)(C)C)cc(-n2c3ccc(C(C)(C)C)cc3c3cc(C(C)(C)C)ccc32)c1O)[C@H]1CCCCCC[C@@H]1S(=C)Cc1cc(C(C)(C)C)cc(-n2c3ccc(C(C)(C)C)cc3c3cc(C(C)(C)C)ccc32)c1O.[CH2-]c1ccccc1.[CH2-]c1ccccc1.[Hf]. The molecular weight excluding hydrogens is 1340 g/mol. The fourth-order valence-corrected chi connectivity index (χ4v) is 17.7. The minimum absolute atomic E-state index is 0. The molecule has 1 aliphatic rings. The minimum atomic E-state index is -0.336. The maximum absolute atomic E-state index is 12.9.